The average Bonchev–Trinajstić information content (AvgIpc) is 3.16. The molecule has 0 N–H and O–H groups in total. The smallest absolute Gasteiger partial charge is 0.260 e. The van der Waals surface area contributed by atoms with E-state index >= 15 is 0 Å². The minimum Gasteiger partial charge on any atom is -0.467 e. The van der Waals surface area contributed by atoms with Gasteiger partial charge in [0.2, 0.25) is 5.88 Å². The van der Waals surface area contributed by atoms with Crippen LogP contribution in [0.5, 0.6) is 5.88 Å². The summed E-state index contributed by atoms with van der Waals surface area (Å²) < 4.78 is 6.99. The van der Waals surface area contributed by atoms with E-state index in [1.54, 1.807) is 35.4 Å². The van der Waals surface area contributed by atoms with Crippen LogP contribution in [0.4, 0.5) is 0 Å². The molecule has 0 bridgehead atoms. The first kappa shape index (κ1) is 16.3. The Kier molecular flexibility index (Phi) is 4.43. The predicted octanol–water partition coefficient (Wildman–Crippen LogP) is 1.80. The van der Waals surface area contributed by atoms with E-state index in [1.165, 1.54) is 10.8 Å². The Morgan fingerprint density at radius 2 is 2.21 bits per heavy atom. The van der Waals surface area contributed by atoms with Gasteiger partial charge in [0, 0.05) is 18.0 Å². The van der Waals surface area contributed by atoms with Crippen molar-refractivity contribution >= 4 is 22.9 Å². The van der Waals surface area contributed by atoms with Gasteiger partial charge in [0.1, 0.15) is 6.33 Å². The molecular weight excluding hydrogens is 328 g/mol. The van der Waals surface area contributed by atoms with Gasteiger partial charge in [-0.25, -0.2) is 4.98 Å². The fraction of sp³-hybridized carbons (Fsp3) is 0.400. The number of fused-ring (bicyclic) bond motifs is 1. The van der Waals surface area contributed by atoms with E-state index in [0.29, 0.717) is 11.5 Å². The lowest BCUT2D eigenvalue weighted by Crippen LogP contribution is -2.34. The SMILES string of the molecule is Cc1nc([C@H](C)N(C)C(=O)COc2ccc3nncn3n2)c(C)s1. The zero-order valence-electron chi connectivity index (χ0n) is 13.9. The first-order chi connectivity index (χ1) is 11.5. The molecule has 0 saturated carbocycles. The Bertz CT molecular complexity index is 874. The zero-order chi connectivity index (χ0) is 17.3. The Morgan fingerprint density at radius 3 is 2.92 bits per heavy atom. The maximum absolute atomic E-state index is 12.4. The van der Waals surface area contributed by atoms with Crippen molar-refractivity contribution in [3.05, 3.63) is 34.0 Å². The van der Waals surface area contributed by atoms with Crippen LogP contribution in [0.25, 0.3) is 5.65 Å². The first-order valence-electron chi connectivity index (χ1n) is 7.45. The summed E-state index contributed by atoms with van der Waals surface area (Å²) in [5.41, 5.74) is 1.55. The van der Waals surface area contributed by atoms with Gasteiger partial charge in [0.25, 0.3) is 5.91 Å². The van der Waals surface area contributed by atoms with Crippen molar-refractivity contribution < 1.29 is 9.53 Å². The van der Waals surface area contributed by atoms with Crippen LogP contribution in [0.15, 0.2) is 18.5 Å². The summed E-state index contributed by atoms with van der Waals surface area (Å²) in [4.78, 5) is 19.7. The number of ether oxygens (including phenoxy) is 1. The van der Waals surface area contributed by atoms with Crippen LogP contribution in [0.3, 0.4) is 0 Å². The van der Waals surface area contributed by atoms with E-state index in [9.17, 15) is 4.79 Å². The highest BCUT2D eigenvalue weighted by molar-refractivity contribution is 7.11. The molecule has 3 aromatic heterocycles. The number of carbonyl (C=O) groups excluding carboxylic acids is 1. The zero-order valence-corrected chi connectivity index (χ0v) is 14.7. The van der Waals surface area contributed by atoms with Crippen molar-refractivity contribution in [3.63, 3.8) is 0 Å². The van der Waals surface area contributed by atoms with Crippen molar-refractivity contribution in [1.82, 2.24) is 29.7 Å². The van der Waals surface area contributed by atoms with Crippen LogP contribution in [-0.2, 0) is 4.79 Å². The summed E-state index contributed by atoms with van der Waals surface area (Å²) in [7, 11) is 1.75. The summed E-state index contributed by atoms with van der Waals surface area (Å²) in [6, 6.07) is 3.28. The third kappa shape index (κ3) is 3.21. The lowest BCUT2D eigenvalue weighted by molar-refractivity contribution is -0.134. The number of carbonyl (C=O) groups is 1. The lowest BCUT2D eigenvalue weighted by atomic mass is 10.2. The first-order valence-corrected chi connectivity index (χ1v) is 8.27. The molecule has 0 radical (unpaired) electrons. The predicted molar refractivity (Wildman–Crippen MR) is 89.1 cm³/mol. The largest absolute Gasteiger partial charge is 0.467 e. The van der Waals surface area contributed by atoms with Crippen molar-refractivity contribution in [2.45, 2.75) is 26.8 Å². The fourth-order valence-corrected chi connectivity index (χ4v) is 3.27. The van der Waals surface area contributed by atoms with Crippen molar-refractivity contribution in [2.75, 3.05) is 13.7 Å². The lowest BCUT2D eigenvalue weighted by Gasteiger charge is -2.24. The number of aromatic nitrogens is 5. The standard InChI is InChI=1S/C15H18N6O2S/c1-9(15-10(2)24-11(3)17-15)20(4)14(22)7-23-13-6-5-12-18-16-8-21(12)19-13/h5-6,8-9H,7H2,1-4H3/t9-/m0/s1. The number of nitrogens with zero attached hydrogens (tertiary/aromatic N) is 6. The number of likely N-dealkylation sites (N-methyl/N-ethyl adjacent to an activating group) is 1. The van der Waals surface area contributed by atoms with Crippen LogP contribution >= 0.6 is 11.3 Å². The van der Waals surface area contributed by atoms with E-state index < -0.39 is 0 Å². The Balaban J connectivity index is 1.64. The Morgan fingerprint density at radius 1 is 1.42 bits per heavy atom. The molecule has 8 nitrogen and oxygen atoms in total. The van der Waals surface area contributed by atoms with Crippen LogP contribution in [-0.4, -0.2) is 49.3 Å². The Hall–Kier alpha value is -2.55. The van der Waals surface area contributed by atoms with Gasteiger partial charge >= 0.3 is 0 Å². The number of amides is 1. The molecule has 1 amide bonds. The minimum absolute atomic E-state index is 0.0936. The van der Waals surface area contributed by atoms with Gasteiger partial charge in [-0.05, 0) is 26.8 Å². The molecule has 3 heterocycles. The van der Waals surface area contributed by atoms with E-state index in [4.69, 9.17) is 4.74 Å². The fourth-order valence-electron chi connectivity index (χ4n) is 2.36. The van der Waals surface area contributed by atoms with Gasteiger partial charge in [-0.2, -0.15) is 4.52 Å². The molecule has 0 fully saturated rings. The number of aryl methyl sites for hydroxylation is 2. The molecule has 0 saturated heterocycles. The maximum Gasteiger partial charge on any atom is 0.260 e. The van der Waals surface area contributed by atoms with Crippen molar-refractivity contribution in [3.8, 4) is 5.88 Å². The molecular formula is C15H18N6O2S. The number of hydrogen-bond donors (Lipinski definition) is 0. The number of rotatable bonds is 5. The van der Waals surface area contributed by atoms with E-state index in [2.05, 4.69) is 20.3 Å². The van der Waals surface area contributed by atoms with Crippen molar-refractivity contribution in [1.29, 1.82) is 0 Å². The summed E-state index contributed by atoms with van der Waals surface area (Å²) in [5.74, 6) is 0.204. The number of thiazole rings is 1. The highest BCUT2D eigenvalue weighted by atomic mass is 32.1. The average molecular weight is 346 g/mol. The van der Waals surface area contributed by atoms with Crippen LogP contribution in [0.1, 0.15) is 28.5 Å². The normalized spacial score (nSPS) is 12.3. The molecule has 0 aliphatic rings. The topological polar surface area (TPSA) is 85.5 Å². The molecule has 9 heteroatoms. The molecule has 24 heavy (non-hydrogen) atoms. The maximum atomic E-state index is 12.4. The monoisotopic (exact) mass is 346 g/mol. The second-order valence-corrected chi connectivity index (χ2v) is 6.86. The minimum atomic E-state index is -0.141. The summed E-state index contributed by atoms with van der Waals surface area (Å²) in [6.45, 7) is 5.85. The van der Waals surface area contributed by atoms with Gasteiger partial charge in [-0.3, -0.25) is 4.79 Å². The van der Waals surface area contributed by atoms with Gasteiger partial charge in [0.05, 0.1) is 16.7 Å². The summed E-state index contributed by atoms with van der Waals surface area (Å²) in [5, 5.41) is 12.8. The molecule has 3 aromatic rings. The van der Waals surface area contributed by atoms with Crippen LogP contribution in [0.2, 0.25) is 0 Å². The van der Waals surface area contributed by atoms with Gasteiger partial charge in [0.15, 0.2) is 12.3 Å². The second-order valence-electron chi connectivity index (χ2n) is 5.45. The highest BCUT2D eigenvalue weighted by Crippen LogP contribution is 2.26. The molecule has 0 aliphatic carbocycles. The summed E-state index contributed by atoms with van der Waals surface area (Å²) in [6.07, 6.45) is 1.48. The molecule has 1 atom stereocenters. The van der Waals surface area contributed by atoms with Gasteiger partial charge in [-0.1, -0.05) is 0 Å². The third-order valence-corrected chi connectivity index (χ3v) is 4.69. The highest BCUT2D eigenvalue weighted by Gasteiger charge is 2.22. The van der Waals surface area contributed by atoms with Gasteiger partial charge < -0.3 is 9.64 Å². The summed E-state index contributed by atoms with van der Waals surface area (Å²) >= 11 is 1.63. The molecule has 0 aliphatic heterocycles. The van der Waals surface area contributed by atoms with Crippen LogP contribution < -0.4 is 4.74 Å². The second kappa shape index (κ2) is 6.52. The van der Waals surface area contributed by atoms with Crippen molar-refractivity contribution in [2.24, 2.45) is 0 Å². The number of hydrogen-bond acceptors (Lipinski definition) is 7. The van der Waals surface area contributed by atoms with E-state index in [-0.39, 0.29) is 18.6 Å². The third-order valence-electron chi connectivity index (χ3n) is 3.79. The van der Waals surface area contributed by atoms with E-state index in [0.717, 1.165) is 15.6 Å². The molecule has 3 rings (SSSR count). The quantitative estimate of drug-likeness (QED) is 0.700. The molecule has 0 spiro atoms. The van der Waals surface area contributed by atoms with Gasteiger partial charge in [-0.15, -0.1) is 26.6 Å². The molecule has 0 unspecified atom stereocenters. The van der Waals surface area contributed by atoms with E-state index in [1.807, 2.05) is 20.8 Å². The molecule has 0 aromatic carbocycles. The Labute approximate surface area is 143 Å². The van der Waals surface area contributed by atoms with Crippen LogP contribution in [0, 0.1) is 13.8 Å². The molecule has 126 valence electrons.